The summed E-state index contributed by atoms with van der Waals surface area (Å²) in [5.74, 6) is 0.228. The second kappa shape index (κ2) is 7.54. The van der Waals surface area contributed by atoms with Gasteiger partial charge in [-0.15, -0.1) is 11.3 Å². The molecule has 0 saturated heterocycles. The number of nitrogens with one attached hydrogen (secondary N) is 1. The molecule has 0 fully saturated rings. The lowest BCUT2D eigenvalue weighted by Crippen LogP contribution is -1.96. The van der Waals surface area contributed by atoms with Crippen LogP contribution in [-0.2, 0) is 6.42 Å². The maximum Gasteiger partial charge on any atom is 0.143 e. The number of fused-ring (bicyclic) bond motifs is 1. The summed E-state index contributed by atoms with van der Waals surface area (Å²) in [4.78, 5) is 11.1. The van der Waals surface area contributed by atoms with Gasteiger partial charge < -0.3 is 5.32 Å². The molecule has 0 radical (unpaired) electrons. The molecule has 0 saturated carbocycles. The Hall–Kier alpha value is -2.02. The van der Waals surface area contributed by atoms with E-state index >= 15 is 0 Å². The highest BCUT2D eigenvalue weighted by Gasteiger charge is 2.18. The Bertz CT molecular complexity index is 1130. The molecule has 2 aromatic heterocycles. The maximum atomic E-state index is 13.5. The Morgan fingerprint density at radius 3 is 2.63 bits per heavy atom. The highest BCUT2D eigenvalue weighted by atomic mass is 79.9. The van der Waals surface area contributed by atoms with Crippen molar-refractivity contribution in [3.05, 3.63) is 69.0 Å². The van der Waals surface area contributed by atoms with Crippen LogP contribution in [0.4, 0.5) is 15.9 Å². The second-order valence-electron chi connectivity index (χ2n) is 5.92. The van der Waals surface area contributed by atoms with Crippen molar-refractivity contribution in [2.45, 2.75) is 13.3 Å². The fourth-order valence-corrected chi connectivity index (χ4v) is 4.50. The molecule has 4 rings (SSSR count). The van der Waals surface area contributed by atoms with Crippen LogP contribution in [0.3, 0.4) is 0 Å². The van der Waals surface area contributed by atoms with Crippen molar-refractivity contribution in [1.82, 2.24) is 9.97 Å². The minimum absolute atomic E-state index is 0.0676. The number of aromatic nitrogens is 2. The minimum Gasteiger partial charge on any atom is -0.340 e. The molecule has 1 N–H and O–H groups in total. The first-order valence-corrected chi connectivity index (χ1v) is 10.3. The molecule has 0 bridgehead atoms. The minimum atomic E-state index is -0.450. The first-order valence-electron chi connectivity index (χ1n) is 8.31. The smallest absolute Gasteiger partial charge is 0.143 e. The van der Waals surface area contributed by atoms with E-state index in [1.165, 1.54) is 17.3 Å². The number of thiophene rings is 1. The van der Waals surface area contributed by atoms with Crippen LogP contribution in [0.25, 0.3) is 21.3 Å². The quantitative estimate of drug-likeness (QED) is 0.348. The van der Waals surface area contributed by atoms with E-state index in [9.17, 15) is 4.39 Å². The summed E-state index contributed by atoms with van der Waals surface area (Å²) in [6.45, 7) is 2.13. The van der Waals surface area contributed by atoms with Gasteiger partial charge in [-0.05, 0) is 42.3 Å². The second-order valence-corrected chi connectivity index (χ2v) is 8.32. The summed E-state index contributed by atoms with van der Waals surface area (Å²) in [5, 5.41) is 4.30. The molecule has 2 aromatic carbocycles. The van der Waals surface area contributed by atoms with Crippen LogP contribution in [0, 0.1) is 5.82 Å². The summed E-state index contributed by atoms with van der Waals surface area (Å²) in [7, 11) is 0. The molecule has 0 amide bonds. The fraction of sp³-hybridized carbons (Fsp3) is 0.100. The predicted octanol–water partition coefficient (Wildman–Crippen LogP) is 7.22. The molecule has 4 aromatic rings. The van der Waals surface area contributed by atoms with Crippen LogP contribution < -0.4 is 5.32 Å². The van der Waals surface area contributed by atoms with Crippen LogP contribution in [-0.4, -0.2) is 9.97 Å². The number of hydrogen-bond donors (Lipinski definition) is 1. The van der Waals surface area contributed by atoms with Crippen molar-refractivity contribution in [2.75, 3.05) is 5.32 Å². The van der Waals surface area contributed by atoms with Crippen molar-refractivity contribution < 1.29 is 4.39 Å². The molecule has 0 aliphatic rings. The van der Waals surface area contributed by atoms with E-state index in [1.807, 2.05) is 12.1 Å². The van der Waals surface area contributed by atoms with Gasteiger partial charge in [-0.2, -0.15) is 0 Å². The van der Waals surface area contributed by atoms with Crippen molar-refractivity contribution in [3.63, 3.8) is 0 Å². The molecule has 7 heteroatoms. The van der Waals surface area contributed by atoms with Gasteiger partial charge in [0, 0.05) is 20.6 Å². The lowest BCUT2D eigenvalue weighted by Gasteiger charge is -2.10. The summed E-state index contributed by atoms with van der Waals surface area (Å²) < 4.78 is 14.5. The fourth-order valence-electron chi connectivity index (χ4n) is 2.96. The van der Waals surface area contributed by atoms with Gasteiger partial charge in [0.1, 0.15) is 22.8 Å². The number of rotatable bonds is 4. The van der Waals surface area contributed by atoms with Gasteiger partial charge in [0.15, 0.2) is 0 Å². The average Bonchev–Trinajstić information content (AvgIpc) is 3.05. The topological polar surface area (TPSA) is 37.8 Å². The Morgan fingerprint density at radius 1 is 1.15 bits per heavy atom. The van der Waals surface area contributed by atoms with E-state index in [1.54, 1.807) is 23.5 Å². The molecular weight excluding hydrogens is 449 g/mol. The zero-order valence-electron chi connectivity index (χ0n) is 14.3. The zero-order chi connectivity index (χ0) is 19.0. The number of aryl methyl sites for hydroxylation is 1. The monoisotopic (exact) mass is 461 g/mol. The molecule has 0 atom stereocenters. The van der Waals surface area contributed by atoms with Gasteiger partial charge in [0.2, 0.25) is 0 Å². The first kappa shape index (κ1) is 18.3. The third kappa shape index (κ3) is 3.57. The van der Waals surface area contributed by atoms with E-state index in [4.69, 9.17) is 11.6 Å². The first-order chi connectivity index (χ1) is 13.1. The number of halogens is 3. The third-order valence-corrected chi connectivity index (χ3v) is 6.26. The summed E-state index contributed by atoms with van der Waals surface area (Å²) in [5.41, 5.74) is 2.91. The highest BCUT2D eigenvalue weighted by molar-refractivity contribution is 9.10. The average molecular weight is 463 g/mol. The summed E-state index contributed by atoms with van der Waals surface area (Å²) in [6, 6.07) is 12.7. The Balaban J connectivity index is 1.89. The molecule has 0 spiro atoms. The Kier molecular flexibility index (Phi) is 5.12. The zero-order valence-corrected chi connectivity index (χ0v) is 17.4. The summed E-state index contributed by atoms with van der Waals surface area (Å²) in [6.07, 6.45) is 2.44. The number of anilines is 2. The SMILES string of the molecule is CCc1sc2ncnc(Nc3ccc(F)c(Cl)c3)c2c1-c1ccc(Br)cc1. The molecule has 2 heterocycles. The van der Waals surface area contributed by atoms with Gasteiger partial charge in [-0.25, -0.2) is 14.4 Å². The van der Waals surface area contributed by atoms with Crippen LogP contribution >= 0.6 is 38.9 Å². The lowest BCUT2D eigenvalue weighted by atomic mass is 10.0. The van der Waals surface area contributed by atoms with Gasteiger partial charge in [0.25, 0.3) is 0 Å². The normalized spacial score (nSPS) is 11.1. The Morgan fingerprint density at radius 2 is 1.93 bits per heavy atom. The van der Waals surface area contributed by atoms with Crippen molar-refractivity contribution in [3.8, 4) is 11.1 Å². The van der Waals surface area contributed by atoms with Crippen molar-refractivity contribution in [1.29, 1.82) is 0 Å². The number of hydrogen-bond acceptors (Lipinski definition) is 4. The molecule has 27 heavy (non-hydrogen) atoms. The van der Waals surface area contributed by atoms with Crippen molar-refractivity contribution in [2.24, 2.45) is 0 Å². The largest absolute Gasteiger partial charge is 0.340 e. The van der Waals surface area contributed by atoms with E-state index in [0.717, 1.165) is 32.2 Å². The molecule has 0 aliphatic heterocycles. The molecular formula is C20H14BrClFN3S. The van der Waals surface area contributed by atoms with Gasteiger partial charge in [0.05, 0.1) is 10.4 Å². The van der Waals surface area contributed by atoms with Crippen molar-refractivity contribution >= 4 is 60.6 Å². The van der Waals surface area contributed by atoms with Crippen LogP contribution in [0.5, 0.6) is 0 Å². The van der Waals surface area contributed by atoms with E-state index in [-0.39, 0.29) is 5.02 Å². The lowest BCUT2D eigenvalue weighted by molar-refractivity contribution is 0.628. The standard InChI is InChI=1S/C20H14BrClFN3S/c1-2-16-17(11-3-5-12(21)6-4-11)18-19(24-10-25-20(18)27-16)26-13-7-8-15(23)14(22)9-13/h3-10H,2H2,1H3,(H,24,25,26). The highest BCUT2D eigenvalue weighted by Crippen LogP contribution is 2.42. The maximum absolute atomic E-state index is 13.5. The molecule has 3 nitrogen and oxygen atoms in total. The van der Waals surface area contributed by atoms with E-state index in [2.05, 4.69) is 50.3 Å². The Labute approximate surface area is 173 Å². The number of benzene rings is 2. The van der Waals surface area contributed by atoms with Gasteiger partial charge in [-0.1, -0.05) is 46.6 Å². The predicted molar refractivity (Wildman–Crippen MR) is 115 cm³/mol. The number of nitrogens with zero attached hydrogens (tertiary/aromatic N) is 2. The van der Waals surface area contributed by atoms with E-state index in [0.29, 0.717) is 11.5 Å². The summed E-state index contributed by atoms with van der Waals surface area (Å²) >= 11 is 11.1. The molecule has 136 valence electrons. The van der Waals surface area contributed by atoms with E-state index < -0.39 is 5.82 Å². The van der Waals surface area contributed by atoms with Crippen LogP contribution in [0.15, 0.2) is 53.3 Å². The molecule has 0 aliphatic carbocycles. The third-order valence-electron chi connectivity index (χ3n) is 4.20. The van der Waals surface area contributed by atoms with Crippen LogP contribution in [0.1, 0.15) is 11.8 Å². The van der Waals surface area contributed by atoms with Gasteiger partial charge in [-0.3, -0.25) is 0 Å². The van der Waals surface area contributed by atoms with Crippen LogP contribution in [0.2, 0.25) is 5.02 Å². The molecule has 0 unspecified atom stereocenters. The van der Waals surface area contributed by atoms with Gasteiger partial charge >= 0.3 is 0 Å².